The Balaban J connectivity index is 1.86. The molecule has 4 heteroatoms. The van der Waals surface area contributed by atoms with E-state index in [1.807, 2.05) is 6.07 Å². The Hall–Kier alpha value is -1.03. The van der Waals surface area contributed by atoms with Gasteiger partial charge < -0.3 is 10.1 Å². The van der Waals surface area contributed by atoms with Crippen LogP contribution >= 0.6 is 15.9 Å². The zero-order valence-corrected chi connectivity index (χ0v) is 14.2. The molecule has 116 valence electrons. The molecule has 1 aliphatic carbocycles. The largest absolute Gasteiger partial charge is 0.450 e. The number of rotatable bonds is 5. The van der Waals surface area contributed by atoms with Gasteiger partial charge in [-0.2, -0.15) is 0 Å². The fourth-order valence-electron chi connectivity index (χ4n) is 2.93. The van der Waals surface area contributed by atoms with E-state index in [2.05, 4.69) is 46.4 Å². The van der Waals surface area contributed by atoms with Crippen LogP contribution in [0, 0.1) is 0 Å². The third kappa shape index (κ3) is 5.03. The maximum absolute atomic E-state index is 11.8. The highest BCUT2D eigenvalue weighted by atomic mass is 79.9. The van der Waals surface area contributed by atoms with E-state index in [9.17, 15) is 4.79 Å². The number of unbranched alkanes of at least 4 members (excludes halogenated alkanes) is 1. The summed E-state index contributed by atoms with van der Waals surface area (Å²) in [4.78, 5) is 11.8. The van der Waals surface area contributed by atoms with Crippen molar-refractivity contribution in [2.45, 2.75) is 57.4 Å². The van der Waals surface area contributed by atoms with Crippen LogP contribution in [0.5, 0.6) is 0 Å². The van der Waals surface area contributed by atoms with Gasteiger partial charge in [0.05, 0.1) is 6.61 Å². The van der Waals surface area contributed by atoms with Crippen molar-refractivity contribution in [1.29, 1.82) is 0 Å². The lowest BCUT2D eigenvalue weighted by atomic mass is 9.81. The molecule has 0 bridgehead atoms. The topological polar surface area (TPSA) is 38.3 Å². The van der Waals surface area contributed by atoms with E-state index >= 15 is 0 Å². The van der Waals surface area contributed by atoms with Crippen LogP contribution in [-0.2, 0) is 4.74 Å². The van der Waals surface area contributed by atoms with Crippen molar-refractivity contribution < 1.29 is 9.53 Å². The molecule has 1 aromatic carbocycles. The Bertz CT molecular complexity index is 464. The van der Waals surface area contributed by atoms with Gasteiger partial charge in [-0.05, 0) is 43.2 Å². The second-order valence-electron chi connectivity index (χ2n) is 5.72. The second kappa shape index (κ2) is 8.42. The Morgan fingerprint density at radius 1 is 1.38 bits per heavy atom. The number of carbonyl (C=O) groups excluding carboxylic acids is 1. The van der Waals surface area contributed by atoms with E-state index in [-0.39, 0.29) is 12.1 Å². The predicted octanol–water partition coefficient (Wildman–Crippen LogP) is 5.00. The molecule has 1 N–H and O–H groups in total. The van der Waals surface area contributed by atoms with Gasteiger partial charge in [0.1, 0.15) is 0 Å². The molecule has 0 spiro atoms. The number of nitrogens with one attached hydrogen (secondary N) is 1. The first-order valence-electron chi connectivity index (χ1n) is 7.88. The Labute approximate surface area is 135 Å². The first-order chi connectivity index (χ1) is 10.2. The molecule has 1 saturated carbocycles. The normalized spacial score (nSPS) is 21.8. The van der Waals surface area contributed by atoms with Gasteiger partial charge in [0.25, 0.3) is 0 Å². The van der Waals surface area contributed by atoms with Crippen molar-refractivity contribution in [1.82, 2.24) is 5.32 Å². The summed E-state index contributed by atoms with van der Waals surface area (Å²) in [6.07, 6.45) is 6.08. The molecule has 2 rings (SSSR count). The summed E-state index contributed by atoms with van der Waals surface area (Å²) in [5, 5.41) is 3.02. The van der Waals surface area contributed by atoms with Crippen LogP contribution in [0.25, 0.3) is 0 Å². The van der Waals surface area contributed by atoms with Crippen LogP contribution in [0.1, 0.15) is 56.9 Å². The minimum absolute atomic E-state index is 0.227. The van der Waals surface area contributed by atoms with E-state index in [1.54, 1.807) is 0 Å². The number of benzene rings is 1. The van der Waals surface area contributed by atoms with Crippen molar-refractivity contribution >= 4 is 22.0 Å². The number of alkyl carbamates (subject to hydrolysis) is 1. The van der Waals surface area contributed by atoms with Gasteiger partial charge in [-0.25, -0.2) is 4.79 Å². The number of hydrogen-bond donors (Lipinski definition) is 1. The molecule has 0 saturated heterocycles. The standard InChI is InChI=1S/C17H24BrNO2/c1-2-3-11-21-17(20)19-14-8-6-7-13(12-14)15-9-4-5-10-16(15)18/h4-5,9-10,13-14H,2-3,6-8,11-12H2,1H3,(H,19,20). The van der Waals surface area contributed by atoms with Crippen LogP contribution < -0.4 is 5.32 Å². The quantitative estimate of drug-likeness (QED) is 0.756. The van der Waals surface area contributed by atoms with Gasteiger partial charge in [-0.15, -0.1) is 0 Å². The fraction of sp³-hybridized carbons (Fsp3) is 0.588. The van der Waals surface area contributed by atoms with Gasteiger partial charge in [0.15, 0.2) is 0 Å². The van der Waals surface area contributed by atoms with E-state index in [1.165, 1.54) is 16.5 Å². The zero-order chi connectivity index (χ0) is 15.1. The molecule has 0 radical (unpaired) electrons. The summed E-state index contributed by atoms with van der Waals surface area (Å²) in [6, 6.07) is 8.61. The van der Waals surface area contributed by atoms with Gasteiger partial charge >= 0.3 is 6.09 Å². The first kappa shape index (κ1) is 16.3. The molecule has 0 aliphatic heterocycles. The molecule has 1 amide bonds. The molecule has 1 aromatic rings. The van der Waals surface area contributed by atoms with Gasteiger partial charge in [-0.1, -0.05) is 53.9 Å². The second-order valence-corrected chi connectivity index (χ2v) is 6.57. The lowest BCUT2D eigenvalue weighted by molar-refractivity contribution is 0.137. The average molecular weight is 354 g/mol. The van der Waals surface area contributed by atoms with Crippen molar-refractivity contribution in [3.63, 3.8) is 0 Å². The minimum Gasteiger partial charge on any atom is -0.450 e. The van der Waals surface area contributed by atoms with Crippen LogP contribution in [0.15, 0.2) is 28.7 Å². The van der Waals surface area contributed by atoms with Crippen molar-refractivity contribution in [3.05, 3.63) is 34.3 Å². The smallest absolute Gasteiger partial charge is 0.407 e. The molecular weight excluding hydrogens is 330 g/mol. The Morgan fingerprint density at radius 3 is 2.95 bits per heavy atom. The molecular formula is C17H24BrNO2. The highest BCUT2D eigenvalue weighted by Gasteiger charge is 2.25. The van der Waals surface area contributed by atoms with E-state index < -0.39 is 0 Å². The van der Waals surface area contributed by atoms with Crippen molar-refractivity contribution in [3.8, 4) is 0 Å². The number of halogens is 1. The summed E-state index contributed by atoms with van der Waals surface area (Å²) >= 11 is 3.63. The highest BCUT2D eigenvalue weighted by molar-refractivity contribution is 9.10. The fourth-order valence-corrected chi connectivity index (χ4v) is 3.54. The first-order valence-corrected chi connectivity index (χ1v) is 8.67. The molecule has 21 heavy (non-hydrogen) atoms. The molecule has 0 heterocycles. The molecule has 2 unspecified atom stereocenters. The summed E-state index contributed by atoms with van der Waals surface area (Å²) < 4.78 is 6.36. The van der Waals surface area contributed by atoms with Crippen LogP contribution in [0.3, 0.4) is 0 Å². The maximum atomic E-state index is 11.8. The van der Waals surface area contributed by atoms with Gasteiger partial charge in [0.2, 0.25) is 0 Å². The maximum Gasteiger partial charge on any atom is 0.407 e. The van der Waals surface area contributed by atoms with Crippen molar-refractivity contribution in [2.75, 3.05) is 6.61 Å². The van der Waals surface area contributed by atoms with Crippen LogP contribution in [0.4, 0.5) is 4.79 Å². The Morgan fingerprint density at radius 2 is 2.19 bits per heavy atom. The third-order valence-electron chi connectivity index (χ3n) is 4.07. The number of ether oxygens (including phenoxy) is 1. The molecule has 3 nitrogen and oxygen atoms in total. The zero-order valence-electron chi connectivity index (χ0n) is 12.6. The summed E-state index contributed by atoms with van der Waals surface area (Å²) in [6.45, 7) is 2.60. The molecule has 0 aromatic heterocycles. The van der Waals surface area contributed by atoms with Crippen LogP contribution in [-0.4, -0.2) is 18.7 Å². The van der Waals surface area contributed by atoms with Gasteiger partial charge in [0, 0.05) is 10.5 Å². The lowest BCUT2D eigenvalue weighted by Gasteiger charge is -2.30. The van der Waals surface area contributed by atoms with Crippen molar-refractivity contribution in [2.24, 2.45) is 0 Å². The number of carbonyl (C=O) groups is 1. The summed E-state index contributed by atoms with van der Waals surface area (Å²) in [5.41, 5.74) is 1.35. The third-order valence-corrected chi connectivity index (χ3v) is 4.79. The number of hydrogen-bond acceptors (Lipinski definition) is 2. The van der Waals surface area contributed by atoms with E-state index in [0.29, 0.717) is 12.5 Å². The molecule has 1 aliphatic rings. The SMILES string of the molecule is CCCCOC(=O)NC1CCCC(c2ccccc2Br)C1. The Kier molecular flexibility index (Phi) is 6.55. The lowest BCUT2D eigenvalue weighted by Crippen LogP contribution is -2.38. The monoisotopic (exact) mass is 353 g/mol. The predicted molar refractivity (Wildman–Crippen MR) is 88.5 cm³/mol. The average Bonchev–Trinajstić information content (AvgIpc) is 2.48. The number of amides is 1. The van der Waals surface area contributed by atoms with E-state index in [0.717, 1.165) is 32.1 Å². The van der Waals surface area contributed by atoms with E-state index in [4.69, 9.17) is 4.74 Å². The molecule has 2 atom stereocenters. The molecule has 1 fully saturated rings. The van der Waals surface area contributed by atoms with Gasteiger partial charge in [-0.3, -0.25) is 0 Å². The highest BCUT2D eigenvalue weighted by Crippen LogP contribution is 2.36. The van der Waals surface area contributed by atoms with Crippen LogP contribution in [0.2, 0.25) is 0 Å². The summed E-state index contributed by atoms with van der Waals surface area (Å²) in [5.74, 6) is 0.510. The minimum atomic E-state index is -0.263. The summed E-state index contributed by atoms with van der Waals surface area (Å²) in [7, 11) is 0.